The van der Waals surface area contributed by atoms with Gasteiger partial charge in [-0.25, -0.2) is 0 Å². The van der Waals surface area contributed by atoms with Crippen molar-refractivity contribution in [2.24, 2.45) is 11.7 Å². The number of thiocarbonyl (C=S) groups is 1. The van der Waals surface area contributed by atoms with Crippen molar-refractivity contribution in [3.8, 4) is 0 Å². The third kappa shape index (κ3) is 3.04. The number of carbonyl (C=O) groups excluding carboxylic acids is 3. The van der Waals surface area contributed by atoms with Gasteiger partial charge < -0.3 is 10.6 Å². The van der Waals surface area contributed by atoms with Crippen molar-refractivity contribution < 1.29 is 14.4 Å². The van der Waals surface area contributed by atoms with Gasteiger partial charge in [-0.1, -0.05) is 25.6 Å². The quantitative estimate of drug-likeness (QED) is 0.534. The van der Waals surface area contributed by atoms with Crippen molar-refractivity contribution in [2.75, 3.05) is 6.54 Å². The first-order valence-electron chi connectivity index (χ1n) is 5.82. The summed E-state index contributed by atoms with van der Waals surface area (Å²) in [5.41, 5.74) is 5.54. The number of rotatable bonds is 4. The van der Waals surface area contributed by atoms with Crippen LogP contribution in [-0.2, 0) is 14.4 Å². The molecule has 3 amide bonds. The Labute approximate surface area is 111 Å². The maximum atomic E-state index is 12.3. The molecule has 1 aliphatic rings. The molecule has 0 aromatic carbocycles. The molecule has 2 atom stereocenters. The standard InChI is InChI=1S/C11H17N3O3S/c1-3-4-7(9(12)18)11(17)14-5-8(15)13-10(16)6(14)2/h6-7H,3-5H2,1-2H3,(H2,12,18)(H,13,15,16). The molecule has 2 unspecified atom stereocenters. The summed E-state index contributed by atoms with van der Waals surface area (Å²) < 4.78 is 0. The third-order valence-corrected chi connectivity index (χ3v) is 3.21. The van der Waals surface area contributed by atoms with Crippen LogP contribution in [0.3, 0.4) is 0 Å². The molecule has 1 rings (SSSR count). The van der Waals surface area contributed by atoms with Gasteiger partial charge in [-0.2, -0.15) is 0 Å². The van der Waals surface area contributed by atoms with Crippen LogP contribution in [0, 0.1) is 5.92 Å². The lowest BCUT2D eigenvalue weighted by atomic mass is 10.0. The van der Waals surface area contributed by atoms with E-state index in [0.717, 1.165) is 6.42 Å². The number of nitrogens with two attached hydrogens (primary N) is 1. The zero-order valence-corrected chi connectivity index (χ0v) is 11.3. The number of amides is 3. The fourth-order valence-electron chi connectivity index (χ4n) is 1.86. The van der Waals surface area contributed by atoms with E-state index in [1.54, 1.807) is 6.92 Å². The Morgan fingerprint density at radius 2 is 2.22 bits per heavy atom. The van der Waals surface area contributed by atoms with Crippen molar-refractivity contribution in [3.05, 3.63) is 0 Å². The number of hydrogen-bond acceptors (Lipinski definition) is 4. The molecule has 0 saturated carbocycles. The normalized spacial score (nSPS) is 21.4. The highest BCUT2D eigenvalue weighted by atomic mass is 32.1. The van der Waals surface area contributed by atoms with Crippen LogP contribution in [0.1, 0.15) is 26.7 Å². The zero-order valence-electron chi connectivity index (χ0n) is 10.4. The van der Waals surface area contributed by atoms with E-state index in [1.807, 2.05) is 6.92 Å². The SMILES string of the molecule is CCCC(C(=O)N1CC(=O)NC(=O)C1C)C(N)=S. The lowest BCUT2D eigenvalue weighted by Gasteiger charge is -2.34. The van der Waals surface area contributed by atoms with E-state index in [0.29, 0.717) is 6.42 Å². The Kier molecular flexibility index (Phi) is 4.77. The fourth-order valence-corrected chi connectivity index (χ4v) is 2.08. The minimum Gasteiger partial charge on any atom is -0.393 e. The summed E-state index contributed by atoms with van der Waals surface area (Å²) in [5.74, 6) is -1.91. The molecule has 18 heavy (non-hydrogen) atoms. The van der Waals surface area contributed by atoms with Gasteiger partial charge in [-0.3, -0.25) is 19.7 Å². The second kappa shape index (κ2) is 5.90. The Morgan fingerprint density at radius 1 is 1.61 bits per heavy atom. The Morgan fingerprint density at radius 3 is 2.72 bits per heavy atom. The van der Waals surface area contributed by atoms with E-state index in [1.165, 1.54) is 4.90 Å². The van der Waals surface area contributed by atoms with Crippen molar-refractivity contribution in [1.82, 2.24) is 10.2 Å². The largest absolute Gasteiger partial charge is 0.393 e. The van der Waals surface area contributed by atoms with Crippen molar-refractivity contribution in [2.45, 2.75) is 32.7 Å². The van der Waals surface area contributed by atoms with Crippen LogP contribution in [0.4, 0.5) is 0 Å². The molecule has 0 aromatic heterocycles. The highest BCUT2D eigenvalue weighted by Crippen LogP contribution is 2.15. The predicted octanol–water partition coefficient (Wildman–Crippen LogP) is -0.438. The smallest absolute Gasteiger partial charge is 0.249 e. The molecule has 1 aliphatic heterocycles. The molecule has 3 N–H and O–H groups in total. The monoisotopic (exact) mass is 271 g/mol. The lowest BCUT2D eigenvalue weighted by Crippen LogP contribution is -2.60. The minimum absolute atomic E-state index is 0.104. The van der Waals surface area contributed by atoms with E-state index in [4.69, 9.17) is 18.0 Å². The van der Waals surface area contributed by atoms with Crippen LogP contribution >= 0.6 is 12.2 Å². The number of hydrogen-bond donors (Lipinski definition) is 2. The Bertz CT molecular complexity index is 397. The number of carbonyl (C=O) groups is 3. The van der Waals surface area contributed by atoms with Crippen molar-refractivity contribution >= 4 is 34.9 Å². The number of nitrogens with zero attached hydrogens (tertiary/aromatic N) is 1. The molecule has 100 valence electrons. The number of piperazine rings is 1. The third-order valence-electron chi connectivity index (χ3n) is 2.93. The van der Waals surface area contributed by atoms with Gasteiger partial charge >= 0.3 is 0 Å². The summed E-state index contributed by atoms with van der Waals surface area (Å²) in [6, 6.07) is -0.677. The van der Waals surface area contributed by atoms with Gasteiger partial charge in [0.15, 0.2) is 0 Å². The average Bonchev–Trinajstić information content (AvgIpc) is 2.29. The summed E-state index contributed by atoms with van der Waals surface area (Å²) in [4.78, 5) is 36.4. The molecule has 0 radical (unpaired) electrons. The molecule has 0 aromatic rings. The first-order valence-corrected chi connectivity index (χ1v) is 6.22. The molecule has 1 fully saturated rings. The molecule has 1 heterocycles. The van der Waals surface area contributed by atoms with E-state index in [2.05, 4.69) is 5.32 Å². The molecular weight excluding hydrogens is 254 g/mol. The highest BCUT2D eigenvalue weighted by Gasteiger charge is 2.37. The van der Waals surface area contributed by atoms with Crippen LogP contribution in [0.5, 0.6) is 0 Å². The van der Waals surface area contributed by atoms with Crippen molar-refractivity contribution in [3.63, 3.8) is 0 Å². The average molecular weight is 271 g/mol. The van der Waals surface area contributed by atoms with Crippen LogP contribution in [0.2, 0.25) is 0 Å². The van der Waals surface area contributed by atoms with E-state index >= 15 is 0 Å². The van der Waals surface area contributed by atoms with Crippen molar-refractivity contribution in [1.29, 1.82) is 0 Å². The summed E-state index contributed by atoms with van der Waals surface area (Å²) in [5, 5.41) is 2.18. The molecule has 0 bridgehead atoms. The predicted molar refractivity (Wildman–Crippen MR) is 69.5 cm³/mol. The van der Waals surface area contributed by atoms with Gasteiger partial charge in [0, 0.05) is 0 Å². The Hall–Kier alpha value is -1.50. The van der Waals surface area contributed by atoms with Gasteiger partial charge in [0.1, 0.15) is 12.6 Å². The second-order valence-electron chi connectivity index (χ2n) is 4.30. The van der Waals surface area contributed by atoms with Crippen LogP contribution in [0.15, 0.2) is 0 Å². The zero-order chi connectivity index (χ0) is 13.9. The van der Waals surface area contributed by atoms with E-state index in [9.17, 15) is 14.4 Å². The van der Waals surface area contributed by atoms with E-state index in [-0.39, 0.29) is 17.4 Å². The topological polar surface area (TPSA) is 92.5 Å². The van der Waals surface area contributed by atoms with Crippen LogP contribution in [-0.4, -0.2) is 40.2 Å². The molecule has 0 spiro atoms. The first kappa shape index (κ1) is 14.6. The Balaban J connectivity index is 2.89. The summed E-state index contributed by atoms with van der Waals surface area (Å²) in [7, 11) is 0. The summed E-state index contributed by atoms with van der Waals surface area (Å²) in [6.45, 7) is 3.35. The molecular formula is C11H17N3O3S. The first-order chi connectivity index (χ1) is 8.38. The molecule has 0 aliphatic carbocycles. The maximum Gasteiger partial charge on any atom is 0.249 e. The van der Waals surface area contributed by atoms with Gasteiger partial charge in [-0.05, 0) is 13.3 Å². The number of nitrogens with one attached hydrogen (secondary N) is 1. The van der Waals surface area contributed by atoms with E-state index < -0.39 is 23.8 Å². The highest BCUT2D eigenvalue weighted by molar-refractivity contribution is 7.80. The van der Waals surface area contributed by atoms with Gasteiger partial charge in [0.05, 0.1) is 10.9 Å². The molecule has 7 heteroatoms. The fraction of sp³-hybridized carbons (Fsp3) is 0.636. The number of imide groups is 1. The second-order valence-corrected chi connectivity index (χ2v) is 4.77. The van der Waals surface area contributed by atoms with Gasteiger partial charge in [0.2, 0.25) is 17.7 Å². The van der Waals surface area contributed by atoms with Gasteiger partial charge in [-0.15, -0.1) is 0 Å². The molecule has 6 nitrogen and oxygen atoms in total. The lowest BCUT2D eigenvalue weighted by molar-refractivity contribution is -0.150. The van der Waals surface area contributed by atoms with Crippen LogP contribution < -0.4 is 11.1 Å². The van der Waals surface area contributed by atoms with Crippen LogP contribution in [0.25, 0.3) is 0 Å². The summed E-state index contributed by atoms with van der Waals surface area (Å²) in [6.07, 6.45) is 1.27. The molecule has 1 saturated heterocycles. The minimum atomic E-state index is -0.677. The maximum absolute atomic E-state index is 12.3. The van der Waals surface area contributed by atoms with Gasteiger partial charge in [0.25, 0.3) is 0 Å². The summed E-state index contributed by atoms with van der Waals surface area (Å²) >= 11 is 4.87.